The van der Waals surface area contributed by atoms with Crippen molar-refractivity contribution >= 4 is 28.2 Å². The lowest BCUT2D eigenvalue weighted by Gasteiger charge is -2.09. The van der Waals surface area contributed by atoms with Crippen molar-refractivity contribution in [2.75, 3.05) is 24.1 Å². The van der Waals surface area contributed by atoms with E-state index in [0.29, 0.717) is 21.7 Å². The number of rotatable bonds is 5. The van der Waals surface area contributed by atoms with Gasteiger partial charge in [0.2, 0.25) is 0 Å². The highest BCUT2D eigenvalue weighted by Crippen LogP contribution is 2.26. The van der Waals surface area contributed by atoms with Crippen molar-refractivity contribution in [1.82, 2.24) is 10.3 Å². The number of thiazole rings is 1. The van der Waals surface area contributed by atoms with Gasteiger partial charge < -0.3 is 16.4 Å². The third-order valence-corrected chi connectivity index (χ3v) is 4.24. The lowest BCUT2D eigenvalue weighted by molar-refractivity contribution is 0.0952. The molecule has 2 rings (SSSR count). The molecule has 6 heteroatoms. The number of amides is 1. The van der Waals surface area contributed by atoms with Crippen molar-refractivity contribution in [3.8, 4) is 0 Å². The van der Waals surface area contributed by atoms with Crippen LogP contribution >= 0.6 is 11.3 Å². The average molecular weight is 268 g/mol. The normalized spacial score (nSPS) is 15.8. The minimum atomic E-state index is -0.0962. The molecule has 0 aromatic carbocycles. The van der Waals surface area contributed by atoms with Gasteiger partial charge in [0.1, 0.15) is 10.7 Å². The third kappa shape index (κ3) is 3.13. The molecular weight excluding hydrogens is 248 g/mol. The van der Waals surface area contributed by atoms with Crippen molar-refractivity contribution < 1.29 is 4.79 Å². The quantitative estimate of drug-likeness (QED) is 0.764. The van der Waals surface area contributed by atoms with E-state index in [9.17, 15) is 4.79 Å². The van der Waals surface area contributed by atoms with E-state index in [-0.39, 0.29) is 5.91 Å². The first-order chi connectivity index (χ1) is 8.70. The second-order valence-corrected chi connectivity index (χ2v) is 5.62. The molecule has 0 bridgehead atoms. The van der Waals surface area contributed by atoms with Crippen LogP contribution < -0.4 is 16.4 Å². The number of hydrogen-bond donors (Lipinski definition) is 3. The van der Waals surface area contributed by atoms with Gasteiger partial charge in [-0.2, -0.15) is 0 Å². The van der Waals surface area contributed by atoms with E-state index in [1.54, 1.807) is 0 Å². The van der Waals surface area contributed by atoms with Gasteiger partial charge >= 0.3 is 0 Å². The van der Waals surface area contributed by atoms with Crippen molar-refractivity contribution in [3.63, 3.8) is 0 Å². The van der Waals surface area contributed by atoms with E-state index in [1.807, 2.05) is 6.92 Å². The lowest BCUT2D eigenvalue weighted by Crippen LogP contribution is -2.28. The Labute approximate surface area is 111 Å². The molecule has 1 aromatic heterocycles. The molecule has 0 saturated heterocycles. The standard InChI is InChI=1S/C12H20N4OS/c1-2-14-12-16-10(13)9(18-12)11(17)15-7-8-5-3-4-6-8/h8H,2-7,13H2,1H3,(H,14,16)(H,15,17). The summed E-state index contributed by atoms with van der Waals surface area (Å²) in [6.07, 6.45) is 5.02. The van der Waals surface area contributed by atoms with E-state index in [1.165, 1.54) is 37.0 Å². The van der Waals surface area contributed by atoms with Gasteiger partial charge in [0, 0.05) is 13.1 Å². The van der Waals surface area contributed by atoms with Gasteiger partial charge in [0.25, 0.3) is 5.91 Å². The number of nitrogen functional groups attached to an aromatic ring is 1. The second-order valence-electron chi connectivity index (χ2n) is 4.62. The Morgan fingerprint density at radius 1 is 1.50 bits per heavy atom. The van der Waals surface area contributed by atoms with Crippen molar-refractivity contribution in [1.29, 1.82) is 0 Å². The Balaban J connectivity index is 1.91. The van der Waals surface area contributed by atoms with Gasteiger partial charge in [-0.15, -0.1) is 0 Å². The molecule has 18 heavy (non-hydrogen) atoms. The smallest absolute Gasteiger partial charge is 0.265 e. The molecule has 5 nitrogen and oxygen atoms in total. The second kappa shape index (κ2) is 6.04. The summed E-state index contributed by atoms with van der Waals surface area (Å²) in [6.45, 7) is 3.51. The lowest BCUT2D eigenvalue weighted by atomic mass is 10.1. The van der Waals surface area contributed by atoms with Gasteiger partial charge in [-0.3, -0.25) is 4.79 Å². The topological polar surface area (TPSA) is 80.0 Å². The molecule has 1 saturated carbocycles. The summed E-state index contributed by atoms with van der Waals surface area (Å²) in [5, 5.41) is 6.74. The van der Waals surface area contributed by atoms with Gasteiger partial charge in [-0.05, 0) is 25.7 Å². The van der Waals surface area contributed by atoms with E-state index in [4.69, 9.17) is 5.73 Å². The SMILES string of the molecule is CCNc1nc(N)c(C(=O)NCC2CCCC2)s1. The van der Waals surface area contributed by atoms with Crippen LogP contribution in [0, 0.1) is 5.92 Å². The Morgan fingerprint density at radius 2 is 2.22 bits per heavy atom. The Morgan fingerprint density at radius 3 is 2.89 bits per heavy atom. The van der Waals surface area contributed by atoms with Crippen LogP contribution in [-0.4, -0.2) is 24.0 Å². The molecule has 1 fully saturated rings. The third-order valence-electron chi connectivity index (χ3n) is 3.21. The summed E-state index contributed by atoms with van der Waals surface area (Å²) < 4.78 is 0. The first-order valence-corrected chi connectivity index (χ1v) is 7.30. The van der Waals surface area contributed by atoms with E-state index < -0.39 is 0 Å². The van der Waals surface area contributed by atoms with E-state index >= 15 is 0 Å². The zero-order chi connectivity index (χ0) is 13.0. The van der Waals surface area contributed by atoms with Crippen LogP contribution in [0.3, 0.4) is 0 Å². The first kappa shape index (κ1) is 13.1. The van der Waals surface area contributed by atoms with Crippen LogP contribution in [0.15, 0.2) is 0 Å². The number of anilines is 2. The predicted molar refractivity (Wildman–Crippen MR) is 75.0 cm³/mol. The summed E-state index contributed by atoms with van der Waals surface area (Å²) in [5.41, 5.74) is 5.75. The molecule has 4 N–H and O–H groups in total. The van der Waals surface area contributed by atoms with Crippen molar-refractivity contribution in [3.05, 3.63) is 4.88 Å². The maximum atomic E-state index is 12.0. The van der Waals surface area contributed by atoms with Crippen LogP contribution in [0.25, 0.3) is 0 Å². The highest BCUT2D eigenvalue weighted by atomic mass is 32.1. The maximum absolute atomic E-state index is 12.0. The minimum absolute atomic E-state index is 0.0962. The predicted octanol–water partition coefficient (Wildman–Crippen LogP) is 2.08. The molecule has 0 atom stereocenters. The van der Waals surface area contributed by atoms with Crippen LogP contribution in [0.5, 0.6) is 0 Å². The largest absolute Gasteiger partial charge is 0.382 e. The number of hydrogen-bond acceptors (Lipinski definition) is 5. The maximum Gasteiger partial charge on any atom is 0.265 e. The Bertz CT molecular complexity index is 412. The number of nitrogens with one attached hydrogen (secondary N) is 2. The molecule has 1 amide bonds. The van der Waals surface area contributed by atoms with Crippen LogP contribution in [0.2, 0.25) is 0 Å². The van der Waals surface area contributed by atoms with Gasteiger partial charge in [0.15, 0.2) is 5.13 Å². The molecule has 100 valence electrons. The van der Waals surface area contributed by atoms with E-state index in [0.717, 1.165) is 13.1 Å². The summed E-state index contributed by atoms with van der Waals surface area (Å²) in [4.78, 5) is 16.6. The first-order valence-electron chi connectivity index (χ1n) is 6.49. The molecule has 0 spiro atoms. The molecule has 0 unspecified atom stereocenters. The fraction of sp³-hybridized carbons (Fsp3) is 0.667. The van der Waals surface area contributed by atoms with Gasteiger partial charge in [-0.1, -0.05) is 24.2 Å². The summed E-state index contributed by atoms with van der Waals surface area (Å²) >= 11 is 1.32. The number of carbonyl (C=O) groups excluding carboxylic acids is 1. The summed E-state index contributed by atoms with van der Waals surface area (Å²) in [6, 6.07) is 0. The Kier molecular flexibility index (Phi) is 4.41. The molecule has 0 radical (unpaired) electrons. The molecule has 1 aliphatic rings. The zero-order valence-corrected chi connectivity index (χ0v) is 11.5. The summed E-state index contributed by atoms with van der Waals surface area (Å²) in [5.74, 6) is 0.859. The summed E-state index contributed by atoms with van der Waals surface area (Å²) in [7, 11) is 0. The van der Waals surface area contributed by atoms with Crippen LogP contribution in [0.1, 0.15) is 42.3 Å². The van der Waals surface area contributed by atoms with Gasteiger partial charge in [-0.25, -0.2) is 4.98 Å². The fourth-order valence-corrected chi connectivity index (χ4v) is 3.12. The number of nitrogens with two attached hydrogens (primary N) is 1. The molecule has 1 aliphatic carbocycles. The fourth-order valence-electron chi connectivity index (χ4n) is 2.25. The highest BCUT2D eigenvalue weighted by Gasteiger charge is 2.19. The monoisotopic (exact) mass is 268 g/mol. The molecule has 1 aromatic rings. The zero-order valence-electron chi connectivity index (χ0n) is 10.7. The molecule has 1 heterocycles. The highest BCUT2D eigenvalue weighted by molar-refractivity contribution is 7.18. The van der Waals surface area contributed by atoms with Gasteiger partial charge in [0.05, 0.1) is 0 Å². The average Bonchev–Trinajstić information content (AvgIpc) is 2.96. The molecular formula is C12H20N4OS. The number of carbonyl (C=O) groups is 1. The molecule has 0 aliphatic heterocycles. The number of nitrogens with zero attached hydrogens (tertiary/aromatic N) is 1. The van der Waals surface area contributed by atoms with Crippen molar-refractivity contribution in [2.45, 2.75) is 32.6 Å². The minimum Gasteiger partial charge on any atom is -0.382 e. The van der Waals surface area contributed by atoms with Crippen LogP contribution in [0.4, 0.5) is 10.9 Å². The van der Waals surface area contributed by atoms with Crippen LogP contribution in [-0.2, 0) is 0 Å². The number of aromatic nitrogens is 1. The van der Waals surface area contributed by atoms with E-state index in [2.05, 4.69) is 15.6 Å². The van der Waals surface area contributed by atoms with Crippen molar-refractivity contribution in [2.24, 2.45) is 5.92 Å². The Hall–Kier alpha value is -1.30.